The lowest BCUT2D eigenvalue weighted by molar-refractivity contribution is -0.122. The Morgan fingerprint density at radius 2 is 2.04 bits per heavy atom. The summed E-state index contributed by atoms with van der Waals surface area (Å²) in [7, 11) is 1.93. The molecule has 3 aromatic rings. The number of benzene rings is 2. The minimum atomic E-state index is 0.0318. The second-order valence-corrected chi connectivity index (χ2v) is 6.70. The Balaban J connectivity index is 1.45. The van der Waals surface area contributed by atoms with E-state index in [1.165, 1.54) is 10.9 Å². The SMILES string of the molecule is CN(CC(=O)NCCc1c[nH]c2ccccc12)Cc1cccc(Cl)c1. The molecular formula is C20H22ClN3O. The molecule has 0 aliphatic heterocycles. The fourth-order valence-electron chi connectivity index (χ4n) is 2.98. The predicted octanol–water partition coefficient (Wildman–Crippen LogP) is 3.61. The lowest BCUT2D eigenvalue weighted by Gasteiger charge is -2.16. The van der Waals surface area contributed by atoms with Crippen LogP contribution >= 0.6 is 11.6 Å². The zero-order chi connectivity index (χ0) is 17.6. The summed E-state index contributed by atoms with van der Waals surface area (Å²) in [6, 6.07) is 15.9. The largest absolute Gasteiger partial charge is 0.361 e. The number of aromatic nitrogens is 1. The van der Waals surface area contributed by atoms with E-state index in [1.807, 2.05) is 54.5 Å². The number of likely N-dealkylation sites (N-methyl/N-ethyl adjacent to an activating group) is 1. The first-order chi connectivity index (χ1) is 12.1. The smallest absolute Gasteiger partial charge is 0.234 e. The van der Waals surface area contributed by atoms with Crippen molar-refractivity contribution in [3.05, 3.63) is 70.9 Å². The number of rotatable bonds is 7. The summed E-state index contributed by atoms with van der Waals surface area (Å²) in [5.41, 5.74) is 3.45. The maximum Gasteiger partial charge on any atom is 0.234 e. The summed E-state index contributed by atoms with van der Waals surface area (Å²) in [6.45, 7) is 1.68. The van der Waals surface area contributed by atoms with Crippen LogP contribution in [0.4, 0.5) is 0 Å². The Morgan fingerprint density at radius 1 is 1.20 bits per heavy atom. The minimum Gasteiger partial charge on any atom is -0.361 e. The molecule has 25 heavy (non-hydrogen) atoms. The summed E-state index contributed by atoms with van der Waals surface area (Å²) < 4.78 is 0. The number of amides is 1. The van der Waals surface area contributed by atoms with E-state index in [9.17, 15) is 4.79 Å². The number of hydrogen-bond acceptors (Lipinski definition) is 2. The van der Waals surface area contributed by atoms with Gasteiger partial charge in [-0.25, -0.2) is 0 Å². The molecule has 1 heterocycles. The van der Waals surface area contributed by atoms with Gasteiger partial charge in [0.1, 0.15) is 0 Å². The maximum atomic E-state index is 12.1. The van der Waals surface area contributed by atoms with Gasteiger partial charge in [0.2, 0.25) is 5.91 Å². The van der Waals surface area contributed by atoms with Crippen molar-refractivity contribution in [1.82, 2.24) is 15.2 Å². The summed E-state index contributed by atoms with van der Waals surface area (Å²) in [6.07, 6.45) is 2.83. The number of hydrogen-bond donors (Lipinski definition) is 2. The van der Waals surface area contributed by atoms with Crippen LogP contribution in [0.2, 0.25) is 5.02 Å². The zero-order valence-corrected chi connectivity index (χ0v) is 15.0. The lowest BCUT2D eigenvalue weighted by atomic mass is 10.1. The Kier molecular flexibility index (Phi) is 5.74. The summed E-state index contributed by atoms with van der Waals surface area (Å²) >= 11 is 5.99. The highest BCUT2D eigenvalue weighted by atomic mass is 35.5. The average molecular weight is 356 g/mol. The molecule has 0 atom stereocenters. The highest BCUT2D eigenvalue weighted by Crippen LogP contribution is 2.17. The summed E-state index contributed by atoms with van der Waals surface area (Å²) in [5, 5.41) is 4.93. The van der Waals surface area contributed by atoms with E-state index in [0.29, 0.717) is 24.7 Å². The van der Waals surface area contributed by atoms with Crippen molar-refractivity contribution in [3.8, 4) is 0 Å². The zero-order valence-electron chi connectivity index (χ0n) is 14.3. The molecule has 2 N–H and O–H groups in total. The van der Waals surface area contributed by atoms with E-state index in [-0.39, 0.29) is 5.91 Å². The number of halogens is 1. The van der Waals surface area contributed by atoms with Crippen molar-refractivity contribution in [1.29, 1.82) is 0 Å². The number of nitrogens with zero attached hydrogens (tertiary/aromatic N) is 1. The molecule has 1 aromatic heterocycles. The van der Waals surface area contributed by atoms with Gasteiger partial charge in [0, 0.05) is 35.2 Å². The van der Waals surface area contributed by atoms with Gasteiger partial charge in [0.05, 0.1) is 6.54 Å². The topological polar surface area (TPSA) is 48.1 Å². The average Bonchev–Trinajstić information content (AvgIpc) is 2.98. The molecule has 2 aromatic carbocycles. The second kappa shape index (κ2) is 8.19. The first-order valence-corrected chi connectivity index (χ1v) is 8.74. The molecule has 0 saturated heterocycles. The standard InChI is InChI=1S/C20H22ClN3O/c1-24(13-15-5-4-6-17(21)11-15)14-20(25)22-10-9-16-12-23-19-8-3-2-7-18(16)19/h2-8,11-12,23H,9-10,13-14H2,1H3,(H,22,25). The Labute approximate surface area is 152 Å². The van der Waals surface area contributed by atoms with Gasteiger partial charge in [-0.1, -0.05) is 41.9 Å². The number of nitrogens with one attached hydrogen (secondary N) is 2. The molecule has 3 rings (SSSR count). The molecular weight excluding hydrogens is 334 g/mol. The molecule has 5 heteroatoms. The monoisotopic (exact) mass is 355 g/mol. The van der Waals surface area contributed by atoms with Gasteiger partial charge in [0.15, 0.2) is 0 Å². The van der Waals surface area contributed by atoms with E-state index in [0.717, 1.165) is 17.5 Å². The number of carbonyl (C=O) groups is 1. The Bertz CT molecular complexity index is 859. The number of carbonyl (C=O) groups excluding carboxylic acids is 1. The van der Waals surface area contributed by atoms with Crippen LogP contribution in [0.3, 0.4) is 0 Å². The van der Waals surface area contributed by atoms with E-state index < -0.39 is 0 Å². The first-order valence-electron chi connectivity index (χ1n) is 8.36. The molecule has 130 valence electrons. The van der Waals surface area contributed by atoms with Crippen LogP contribution in [0, 0.1) is 0 Å². The number of fused-ring (bicyclic) bond motifs is 1. The van der Waals surface area contributed by atoms with E-state index in [2.05, 4.69) is 22.4 Å². The molecule has 0 spiro atoms. The van der Waals surface area contributed by atoms with E-state index in [1.54, 1.807) is 0 Å². The van der Waals surface area contributed by atoms with Crippen molar-refractivity contribution in [3.63, 3.8) is 0 Å². The van der Waals surface area contributed by atoms with Gasteiger partial charge >= 0.3 is 0 Å². The van der Waals surface area contributed by atoms with Gasteiger partial charge in [-0.15, -0.1) is 0 Å². The molecule has 0 saturated carbocycles. The highest BCUT2D eigenvalue weighted by molar-refractivity contribution is 6.30. The summed E-state index contributed by atoms with van der Waals surface area (Å²) in [5.74, 6) is 0.0318. The quantitative estimate of drug-likeness (QED) is 0.680. The van der Waals surface area contributed by atoms with E-state index >= 15 is 0 Å². The molecule has 1 amide bonds. The van der Waals surface area contributed by atoms with Crippen molar-refractivity contribution in [2.24, 2.45) is 0 Å². The Morgan fingerprint density at radius 3 is 2.88 bits per heavy atom. The summed E-state index contributed by atoms with van der Waals surface area (Å²) in [4.78, 5) is 17.4. The normalized spacial score (nSPS) is 11.2. The fourth-order valence-corrected chi connectivity index (χ4v) is 3.19. The van der Waals surface area contributed by atoms with Gasteiger partial charge in [0.25, 0.3) is 0 Å². The molecule has 0 aliphatic rings. The molecule has 0 radical (unpaired) electrons. The molecule has 0 aliphatic carbocycles. The third kappa shape index (κ3) is 4.84. The van der Waals surface area contributed by atoms with Gasteiger partial charge < -0.3 is 10.3 Å². The van der Waals surface area contributed by atoms with Crippen LogP contribution in [0.1, 0.15) is 11.1 Å². The molecule has 0 fully saturated rings. The second-order valence-electron chi connectivity index (χ2n) is 6.26. The van der Waals surface area contributed by atoms with Crippen LogP contribution < -0.4 is 5.32 Å². The minimum absolute atomic E-state index is 0.0318. The van der Waals surface area contributed by atoms with Crippen LogP contribution in [0.5, 0.6) is 0 Å². The van der Waals surface area contributed by atoms with Gasteiger partial charge in [-0.05, 0) is 42.8 Å². The van der Waals surface area contributed by atoms with Crippen molar-refractivity contribution in [2.75, 3.05) is 20.1 Å². The van der Waals surface area contributed by atoms with Crippen molar-refractivity contribution >= 4 is 28.4 Å². The van der Waals surface area contributed by atoms with Crippen molar-refractivity contribution < 1.29 is 4.79 Å². The van der Waals surface area contributed by atoms with Gasteiger partial charge in [-0.3, -0.25) is 9.69 Å². The van der Waals surface area contributed by atoms with Gasteiger partial charge in [-0.2, -0.15) is 0 Å². The number of aromatic amines is 1. The Hall–Kier alpha value is -2.30. The van der Waals surface area contributed by atoms with Crippen LogP contribution in [0.15, 0.2) is 54.7 Å². The third-order valence-electron chi connectivity index (χ3n) is 4.15. The maximum absolute atomic E-state index is 12.1. The van der Waals surface area contributed by atoms with Crippen LogP contribution in [-0.2, 0) is 17.8 Å². The first kappa shape index (κ1) is 17.5. The fraction of sp³-hybridized carbons (Fsp3) is 0.250. The molecule has 0 unspecified atom stereocenters. The lowest BCUT2D eigenvalue weighted by Crippen LogP contribution is -2.35. The van der Waals surface area contributed by atoms with E-state index in [4.69, 9.17) is 11.6 Å². The third-order valence-corrected chi connectivity index (χ3v) is 4.38. The highest BCUT2D eigenvalue weighted by Gasteiger charge is 2.08. The molecule has 4 nitrogen and oxygen atoms in total. The van der Waals surface area contributed by atoms with Crippen LogP contribution in [0.25, 0.3) is 10.9 Å². The number of para-hydroxylation sites is 1. The van der Waals surface area contributed by atoms with Crippen LogP contribution in [-0.4, -0.2) is 35.9 Å². The number of H-pyrrole nitrogens is 1. The van der Waals surface area contributed by atoms with Crippen molar-refractivity contribution in [2.45, 2.75) is 13.0 Å². The molecule has 0 bridgehead atoms. The predicted molar refractivity (Wildman–Crippen MR) is 103 cm³/mol.